The van der Waals surface area contributed by atoms with Crippen LogP contribution in [0.25, 0.3) is 0 Å². The fourth-order valence-electron chi connectivity index (χ4n) is 1.70. The molecule has 148 valence electrons. The Morgan fingerprint density at radius 1 is 0.741 bits per heavy atom. The van der Waals surface area contributed by atoms with Crippen molar-refractivity contribution in [3.8, 4) is 12.0 Å². The van der Waals surface area contributed by atoms with Gasteiger partial charge in [-0.1, -0.05) is 0 Å². The zero-order chi connectivity index (χ0) is 20.2. The molecule has 0 saturated carbocycles. The summed E-state index contributed by atoms with van der Waals surface area (Å²) >= 11 is 0. The molecule has 1 N–H and O–H groups in total. The van der Waals surface area contributed by atoms with Crippen molar-refractivity contribution in [1.82, 2.24) is 24.9 Å². The third kappa shape index (κ3) is 7.45. The Balaban J connectivity index is 2.27. The number of halogens is 6. The molecule has 2 aromatic heterocycles. The van der Waals surface area contributed by atoms with E-state index in [1.165, 1.54) is 0 Å². The molecule has 0 aliphatic carbocycles. The Bertz CT molecular complexity index is 741. The van der Waals surface area contributed by atoms with Crippen molar-refractivity contribution in [1.29, 1.82) is 0 Å². The van der Waals surface area contributed by atoms with Crippen molar-refractivity contribution < 1.29 is 35.8 Å². The number of aromatic nitrogens is 5. The van der Waals surface area contributed by atoms with Crippen LogP contribution in [-0.4, -0.2) is 50.5 Å². The van der Waals surface area contributed by atoms with E-state index in [2.05, 4.69) is 39.7 Å². The summed E-state index contributed by atoms with van der Waals surface area (Å²) in [6.45, 7) is -0.198. The molecule has 0 saturated heterocycles. The molecule has 27 heavy (non-hydrogen) atoms. The van der Waals surface area contributed by atoms with Crippen LogP contribution in [0.3, 0.4) is 0 Å². The summed E-state index contributed by atoms with van der Waals surface area (Å²) in [5, 5.41) is 2.45. The number of alkyl halides is 6. The maximum Gasteiger partial charge on any atom is 0.422 e. The van der Waals surface area contributed by atoms with E-state index in [-0.39, 0.29) is 5.95 Å². The van der Waals surface area contributed by atoms with Crippen LogP contribution in [0.4, 0.5) is 38.2 Å². The molecule has 2 heterocycles. The molecule has 0 aliphatic heterocycles. The lowest BCUT2D eigenvalue weighted by Gasteiger charge is -2.12. The SMILES string of the molecule is Cc1cc(C)nc(Nc2nc(OCC(F)(F)F)nc(OCC(F)(F)F)n2)n1. The zero-order valence-electron chi connectivity index (χ0n) is 13.8. The molecule has 2 aromatic rings. The van der Waals surface area contributed by atoms with Crippen LogP contribution >= 0.6 is 0 Å². The predicted octanol–water partition coefficient (Wildman–Crippen LogP) is 2.90. The lowest BCUT2D eigenvalue weighted by molar-refractivity contribution is -0.156. The van der Waals surface area contributed by atoms with Gasteiger partial charge >= 0.3 is 24.4 Å². The summed E-state index contributed by atoms with van der Waals surface area (Å²) in [6, 6.07) is -0.119. The maximum atomic E-state index is 12.3. The molecular formula is C13H12F6N6O2. The zero-order valence-corrected chi connectivity index (χ0v) is 13.8. The average molecular weight is 398 g/mol. The van der Waals surface area contributed by atoms with E-state index in [9.17, 15) is 26.3 Å². The van der Waals surface area contributed by atoms with Gasteiger partial charge in [0.15, 0.2) is 13.2 Å². The molecule has 0 spiro atoms. The average Bonchev–Trinajstić information content (AvgIpc) is 2.48. The number of aryl methyl sites for hydroxylation is 2. The molecule has 0 bridgehead atoms. The fourth-order valence-corrected chi connectivity index (χ4v) is 1.70. The topological polar surface area (TPSA) is 94.9 Å². The van der Waals surface area contributed by atoms with Gasteiger partial charge in [0.1, 0.15) is 0 Å². The van der Waals surface area contributed by atoms with Crippen molar-refractivity contribution in [2.45, 2.75) is 26.2 Å². The van der Waals surface area contributed by atoms with Crippen LogP contribution in [0.15, 0.2) is 6.07 Å². The number of hydrogen-bond acceptors (Lipinski definition) is 8. The predicted molar refractivity (Wildman–Crippen MR) is 77.7 cm³/mol. The third-order valence-electron chi connectivity index (χ3n) is 2.53. The Hall–Kier alpha value is -2.93. The van der Waals surface area contributed by atoms with Crippen molar-refractivity contribution >= 4 is 11.9 Å². The summed E-state index contributed by atoms with van der Waals surface area (Å²) in [7, 11) is 0. The number of nitrogens with zero attached hydrogens (tertiary/aromatic N) is 5. The van der Waals surface area contributed by atoms with Gasteiger partial charge in [-0.3, -0.25) is 5.32 Å². The van der Waals surface area contributed by atoms with Crippen molar-refractivity contribution in [2.24, 2.45) is 0 Å². The van der Waals surface area contributed by atoms with Crippen molar-refractivity contribution in [2.75, 3.05) is 18.5 Å². The van der Waals surface area contributed by atoms with Gasteiger partial charge in [-0.2, -0.15) is 36.3 Å². The van der Waals surface area contributed by atoms with Gasteiger partial charge in [-0.15, -0.1) is 4.98 Å². The minimum atomic E-state index is -4.70. The molecule has 14 heteroatoms. The number of ether oxygens (including phenoxy) is 2. The molecule has 0 radical (unpaired) electrons. The first-order valence-electron chi connectivity index (χ1n) is 7.14. The largest absolute Gasteiger partial charge is 0.454 e. The highest BCUT2D eigenvalue weighted by Gasteiger charge is 2.31. The lowest BCUT2D eigenvalue weighted by Crippen LogP contribution is -2.22. The first-order valence-corrected chi connectivity index (χ1v) is 7.14. The molecule has 2 rings (SSSR count). The Labute approximate surface area is 148 Å². The molecule has 0 fully saturated rings. The van der Waals surface area contributed by atoms with Gasteiger partial charge < -0.3 is 9.47 Å². The normalized spacial score (nSPS) is 12.0. The van der Waals surface area contributed by atoms with E-state index in [1.54, 1.807) is 19.9 Å². The number of anilines is 2. The fraction of sp³-hybridized carbons (Fsp3) is 0.462. The van der Waals surface area contributed by atoms with Gasteiger partial charge in [0.2, 0.25) is 11.9 Å². The molecular weight excluding hydrogens is 386 g/mol. The Morgan fingerprint density at radius 2 is 1.15 bits per heavy atom. The van der Waals surface area contributed by atoms with E-state index < -0.39 is 43.5 Å². The standard InChI is InChI=1S/C13H12F6N6O2/c1-6-3-7(2)21-8(20-6)22-9-23-10(26-4-12(14,15)16)25-11(24-9)27-5-13(17,18)19/h3H,4-5H2,1-2H3,(H,20,21,22,23,24,25). The molecule has 8 nitrogen and oxygen atoms in total. The van der Waals surface area contributed by atoms with Crippen LogP contribution in [0.1, 0.15) is 11.4 Å². The van der Waals surface area contributed by atoms with Crippen LogP contribution in [0.2, 0.25) is 0 Å². The van der Waals surface area contributed by atoms with E-state index >= 15 is 0 Å². The molecule has 0 aromatic carbocycles. The highest BCUT2D eigenvalue weighted by atomic mass is 19.4. The first-order chi connectivity index (χ1) is 12.4. The monoisotopic (exact) mass is 398 g/mol. The quantitative estimate of drug-likeness (QED) is 0.743. The first kappa shape index (κ1) is 20.4. The molecule has 0 unspecified atom stereocenters. The van der Waals surface area contributed by atoms with Crippen LogP contribution in [0.5, 0.6) is 12.0 Å². The second-order valence-electron chi connectivity index (χ2n) is 5.13. The van der Waals surface area contributed by atoms with Crippen LogP contribution in [0, 0.1) is 13.8 Å². The lowest BCUT2D eigenvalue weighted by atomic mass is 10.4. The Kier molecular flexibility index (Phi) is 5.85. The highest BCUT2D eigenvalue weighted by Crippen LogP contribution is 2.21. The summed E-state index contributed by atoms with van der Waals surface area (Å²) in [5.74, 6) is -0.480. The number of hydrogen-bond donors (Lipinski definition) is 1. The second kappa shape index (κ2) is 7.75. The Morgan fingerprint density at radius 3 is 1.56 bits per heavy atom. The van der Waals surface area contributed by atoms with Gasteiger partial charge in [0, 0.05) is 11.4 Å². The number of nitrogens with one attached hydrogen (secondary N) is 1. The van der Waals surface area contributed by atoms with Crippen LogP contribution < -0.4 is 14.8 Å². The molecule has 0 aliphatic rings. The van der Waals surface area contributed by atoms with Gasteiger partial charge in [0.05, 0.1) is 0 Å². The summed E-state index contributed by atoms with van der Waals surface area (Å²) in [5.41, 5.74) is 1.11. The summed E-state index contributed by atoms with van der Waals surface area (Å²) in [4.78, 5) is 18.3. The highest BCUT2D eigenvalue weighted by molar-refractivity contribution is 5.43. The minimum absolute atomic E-state index is 0.0257. The van der Waals surface area contributed by atoms with Gasteiger partial charge in [-0.25, -0.2) is 9.97 Å². The molecule has 0 amide bonds. The van der Waals surface area contributed by atoms with Crippen molar-refractivity contribution in [3.63, 3.8) is 0 Å². The van der Waals surface area contributed by atoms with E-state index in [0.717, 1.165) is 0 Å². The number of rotatable bonds is 6. The van der Waals surface area contributed by atoms with E-state index in [0.29, 0.717) is 11.4 Å². The van der Waals surface area contributed by atoms with Gasteiger partial charge in [-0.05, 0) is 19.9 Å². The minimum Gasteiger partial charge on any atom is -0.454 e. The van der Waals surface area contributed by atoms with Crippen molar-refractivity contribution in [3.05, 3.63) is 17.5 Å². The smallest absolute Gasteiger partial charge is 0.422 e. The summed E-state index contributed by atoms with van der Waals surface area (Å²) in [6.07, 6.45) is -9.41. The second-order valence-corrected chi connectivity index (χ2v) is 5.13. The third-order valence-corrected chi connectivity index (χ3v) is 2.53. The summed E-state index contributed by atoms with van der Waals surface area (Å²) < 4.78 is 82.3. The maximum absolute atomic E-state index is 12.3. The van der Waals surface area contributed by atoms with Gasteiger partial charge in [0.25, 0.3) is 0 Å². The van der Waals surface area contributed by atoms with Crippen LogP contribution in [-0.2, 0) is 0 Å². The molecule has 0 atom stereocenters. The van der Waals surface area contributed by atoms with E-state index in [1.807, 2.05) is 0 Å². The van der Waals surface area contributed by atoms with E-state index in [4.69, 9.17) is 0 Å².